The van der Waals surface area contributed by atoms with Crippen molar-refractivity contribution in [3.63, 3.8) is 0 Å². The van der Waals surface area contributed by atoms with Crippen LogP contribution in [0.25, 0.3) is 0 Å². The molecule has 1 fully saturated rings. The van der Waals surface area contributed by atoms with E-state index in [-0.39, 0.29) is 5.41 Å². The fourth-order valence-electron chi connectivity index (χ4n) is 3.67. The Bertz CT molecular complexity index is 464. The zero-order chi connectivity index (χ0) is 14.0. The average Bonchev–Trinajstić information content (AvgIpc) is 2.39. The van der Waals surface area contributed by atoms with Crippen molar-refractivity contribution in [2.24, 2.45) is 5.73 Å². The highest BCUT2D eigenvalue weighted by Gasteiger charge is 2.36. The highest BCUT2D eigenvalue weighted by molar-refractivity contribution is 6.31. The van der Waals surface area contributed by atoms with E-state index in [2.05, 4.69) is 6.92 Å². The maximum Gasteiger partial charge on any atom is 0.125 e. The highest BCUT2D eigenvalue weighted by atomic mass is 35.5. The van der Waals surface area contributed by atoms with Gasteiger partial charge in [-0.15, -0.1) is 0 Å². The Balaban J connectivity index is 2.59. The smallest absolute Gasteiger partial charge is 0.125 e. The Morgan fingerprint density at radius 3 is 2.42 bits per heavy atom. The third kappa shape index (κ3) is 2.48. The molecule has 1 aliphatic carbocycles. The van der Waals surface area contributed by atoms with Crippen molar-refractivity contribution in [2.45, 2.75) is 51.4 Å². The first-order valence-electron chi connectivity index (χ1n) is 7.10. The fraction of sp³-hybridized carbons (Fsp3) is 0.625. The number of rotatable bonds is 3. The first-order valence-corrected chi connectivity index (χ1v) is 7.48. The van der Waals surface area contributed by atoms with Gasteiger partial charge in [0.15, 0.2) is 0 Å². The van der Waals surface area contributed by atoms with Crippen molar-refractivity contribution in [1.82, 2.24) is 0 Å². The summed E-state index contributed by atoms with van der Waals surface area (Å²) < 4.78 is 5.55. The van der Waals surface area contributed by atoms with Crippen LogP contribution in [0.15, 0.2) is 6.07 Å². The fourth-order valence-corrected chi connectivity index (χ4v) is 4.17. The second kappa shape index (κ2) is 5.72. The van der Waals surface area contributed by atoms with Crippen LogP contribution < -0.4 is 10.5 Å². The molecule has 0 spiro atoms. The maximum absolute atomic E-state index is 6.55. The Labute approximate surface area is 121 Å². The van der Waals surface area contributed by atoms with E-state index in [9.17, 15) is 0 Å². The number of hydrogen-bond acceptors (Lipinski definition) is 2. The van der Waals surface area contributed by atoms with Gasteiger partial charge in [0.1, 0.15) is 5.75 Å². The molecule has 1 aliphatic rings. The Morgan fingerprint density at radius 2 is 1.89 bits per heavy atom. The van der Waals surface area contributed by atoms with Crippen LogP contribution in [0.3, 0.4) is 0 Å². The van der Waals surface area contributed by atoms with Gasteiger partial charge in [0.2, 0.25) is 0 Å². The second-order valence-corrected chi connectivity index (χ2v) is 6.16. The molecular weight excluding hydrogens is 258 g/mol. The summed E-state index contributed by atoms with van der Waals surface area (Å²) in [5.74, 6) is 0.956. The van der Waals surface area contributed by atoms with E-state index in [4.69, 9.17) is 22.1 Å². The van der Waals surface area contributed by atoms with Gasteiger partial charge >= 0.3 is 0 Å². The van der Waals surface area contributed by atoms with Crippen molar-refractivity contribution in [3.8, 4) is 5.75 Å². The summed E-state index contributed by atoms with van der Waals surface area (Å²) in [4.78, 5) is 0. The summed E-state index contributed by atoms with van der Waals surface area (Å²) in [5, 5.41) is 0.850. The molecule has 0 unspecified atom stereocenters. The Kier molecular flexibility index (Phi) is 4.42. The molecule has 2 N–H and O–H groups in total. The summed E-state index contributed by atoms with van der Waals surface area (Å²) in [6.07, 6.45) is 6.06. The number of halogens is 1. The first-order chi connectivity index (χ1) is 9.05. The van der Waals surface area contributed by atoms with Gasteiger partial charge in [0.05, 0.1) is 7.11 Å². The first kappa shape index (κ1) is 14.7. The monoisotopic (exact) mass is 281 g/mol. The van der Waals surface area contributed by atoms with Crippen LogP contribution in [0.5, 0.6) is 5.75 Å². The van der Waals surface area contributed by atoms with E-state index >= 15 is 0 Å². The van der Waals surface area contributed by atoms with E-state index in [0.29, 0.717) is 6.54 Å². The van der Waals surface area contributed by atoms with Crippen molar-refractivity contribution in [1.29, 1.82) is 0 Å². The van der Waals surface area contributed by atoms with Crippen LogP contribution >= 0.6 is 11.6 Å². The molecule has 2 rings (SSSR count). The van der Waals surface area contributed by atoms with Gasteiger partial charge in [0, 0.05) is 17.0 Å². The number of methoxy groups -OCH3 is 1. The van der Waals surface area contributed by atoms with Crippen molar-refractivity contribution in [2.75, 3.05) is 13.7 Å². The molecular formula is C16H24ClNO. The van der Waals surface area contributed by atoms with Gasteiger partial charge < -0.3 is 10.5 Å². The van der Waals surface area contributed by atoms with Gasteiger partial charge in [-0.05, 0) is 49.4 Å². The predicted octanol–water partition coefficient (Wildman–Crippen LogP) is 4.13. The molecule has 2 nitrogen and oxygen atoms in total. The van der Waals surface area contributed by atoms with Crippen molar-refractivity contribution < 1.29 is 4.74 Å². The molecule has 0 aliphatic heterocycles. The summed E-state index contributed by atoms with van der Waals surface area (Å²) >= 11 is 6.55. The van der Waals surface area contributed by atoms with E-state index in [1.807, 2.05) is 13.0 Å². The number of benzene rings is 1. The molecule has 3 heteroatoms. The minimum Gasteiger partial charge on any atom is -0.496 e. The maximum atomic E-state index is 6.55. The lowest BCUT2D eigenvalue weighted by Crippen LogP contribution is -2.38. The van der Waals surface area contributed by atoms with Gasteiger partial charge in [-0.2, -0.15) is 0 Å². The normalized spacial score (nSPS) is 18.4. The minimum atomic E-state index is 0.0421. The van der Waals surface area contributed by atoms with Crippen LogP contribution in [0.4, 0.5) is 0 Å². The van der Waals surface area contributed by atoms with Crippen molar-refractivity contribution >= 4 is 11.6 Å². The summed E-state index contributed by atoms with van der Waals surface area (Å²) in [6, 6.07) is 2.02. The Morgan fingerprint density at radius 1 is 1.26 bits per heavy atom. The third-order valence-electron chi connectivity index (χ3n) is 4.59. The molecule has 0 amide bonds. The van der Waals surface area contributed by atoms with Gasteiger partial charge in [-0.1, -0.05) is 30.9 Å². The van der Waals surface area contributed by atoms with Crippen LogP contribution in [0.1, 0.15) is 48.8 Å². The van der Waals surface area contributed by atoms with Gasteiger partial charge in [0.25, 0.3) is 0 Å². The minimum absolute atomic E-state index is 0.0421. The summed E-state index contributed by atoms with van der Waals surface area (Å²) in [7, 11) is 1.73. The lowest BCUT2D eigenvalue weighted by Gasteiger charge is -2.39. The van der Waals surface area contributed by atoms with E-state index in [0.717, 1.165) is 29.2 Å². The Hall–Kier alpha value is -0.730. The standard InChI is InChI=1S/C16H24ClNO/c1-11-9-13(17)14(12(2)15(11)19-3)16(10-18)7-5-4-6-8-16/h9H,4-8,10,18H2,1-3H3. The zero-order valence-electron chi connectivity index (χ0n) is 12.2. The average molecular weight is 282 g/mol. The molecule has 0 heterocycles. The van der Waals surface area contributed by atoms with Crippen LogP contribution in [0, 0.1) is 13.8 Å². The van der Waals surface area contributed by atoms with E-state index < -0.39 is 0 Å². The molecule has 1 aromatic carbocycles. The van der Waals surface area contributed by atoms with Gasteiger partial charge in [-0.25, -0.2) is 0 Å². The molecule has 0 bridgehead atoms. The lowest BCUT2D eigenvalue weighted by molar-refractivity contribution is 0.298. The van der Waals surface area contributed by atoms with Crippen LogP contribution in [-0.4, -0.2) is 13.7 Å². The topological polar surface area (TPSA) is 35.2 Å². The molecule has 0 atom stereocenters. The molecule has 1 aromatic rings. The number of hydrogen-bond donors (Lipinski definition) is 1. The number of nitrogens with two attached hydrogens (primary N) is 1. The van der Waals surface area contributed by atoms with E-state index in [1.165, 1.54) is 30.4 Å². The van der Waals surface area contributed by atoms with Gasteiger partial charge in [-0.3, -0.25) is 0 Å². The SMILES string of the molecule is COc1c(C)cc(Cl)c(C2(CN)CCCCC2)c1C. The van der Waals surface area contributed by atoms with Crippen LogP contribution in [-0.2, 0) is 5.41 Å². The largest absolute Gasteiger partial charge is 0.496 e. The van der Waals surface area contributed by atoms with Crippen LogP contribution in [0.2, 0.25) is 5.02 Å². The second-order valence-electron chi connectivity index (χ2n) is 5.75. The third-order valence-corrected chi connectivity index (χ3v) is 4.89. The predicted molar refractivity (Wildman–Crippen MR) is 81.3 cm³/mol. The number of aryl methyl sites for hydroxylation is 1. The number of ether oxygens (including phenoxy) is 1. The molecule has 1 saturated carbocycles. The van der Waals surface area contributed by atoms with E-state index in [1.54, 1.807) is 7.11 Å². The zero-order valence-corrected chi connectivity index (χ0v) is 12.9. The molecule has 0 aromatic heterocycles. The highest BCUT2D eigenvalue weighted by Crippen LogP contribution is 2.46. The molecule has 0 radical (unpaired) electrons. The quantitative estimate of drug-likeness (QED) is 0.904. The molecule has 106 valence electrons. The lowest BCUT2D eigenvalue weighted by atomic mass is 9.68. The molecule has 0 saturated heterocycles. The van der Waals surface area contributed by atoms with Crippen molar-refractivity contribution in [3.05, 3.63) is 27.8 Å². The summed E-state index contributed by atoms with van der Waals surface area (Å²) in [6.45, 7) is 4.82. The molecule has 19 heavy (non-hydrogen) atoms. The summed E-state index contributed by atoms with van der Waals surface area (Å²) in [5.41, 5.74) is 9.66.